The highest BCUT2D eigenvalue weighted by atomic mass is 35.5. The minimum Gasteiger partial charge on any atom is -0.462 e. The third kappa shape index (κ3) is 7.00. The Bertz CT molecular complexity index is 1160. The Kier molecular flexibility index (Phi) is 9.59. The molecule has 0 spiro atoms. The molecule has 34 heavy (non-hydrogen) atoms. The van der Waals surface area contributed by atoms with E-state index in [2.05, 4.69) is 10.0 Å². The molecule has 3 N–H and O–H groups in total. The molecule has 0 aliphatic carbocycles. The van der Waals surface area contributed by atoms with E-state index in [-0.39, 0.29) is 22.1 Å². The highest BCUT2D eigenvalue weighted by Gasteiger charge is 2.31. The first-order chi connectivity index (χ1) is 15.9. The number of rotatable bonds is 10. The lowest BCUT2D eigenvalue weighted by Gasteiger charge is -2.20. The van der Waals surface area contributed by atoms with Crippen LogP contribution in [0.25, 0.3) is 0 Å². The van der Waals surface area contributed by atoms with Crippen molar-refractivity contribution >= 4 is 55.8 Å². The number of hydrogen-bond donors (Lipinski definition) is 3. The Hall–Kier alpha value is -2.51. The van der Waals surface area contributed by atoms with E-state index in [0.717, 1.165) is 16.2 Å². The molecule has 0 fully saturated rings. The van der Waals surface area contributed by atoms with Crippen molar-refractivity contribution in [3.8, 4) is 0 Å². The average Bonchev–Trinajstić information content (AvgIpc) is 3.03. The Morgan fingerprint density at radius 1 is 1.15 bits per heavy atom. The number of amides is 1. The summed E-state index contributed by atoms with van der Waals surface area (Å²) in [5, 5.41) is 13.0. The van der Waals surface area contributed by atoms with Crippen LogP contribution in [0.2, 0.25) is 5.02 Å². The number of benzene rings is 1. The zero-order valence-electron chi connectivity index (χ0n) is 18.9. The number of carbonyl (C=O) groups is 3. The topological polar surface area (TPSA) is 148 Å². The van der Waals surface area contributed by atoms with Gasteiger partial charge in [0.25, 0.3) is 5.91 Å². The molecule has 0 aliphatic rings. The van der Waals surface area contributed by atoms with Gasteiger partial charge in [-0.15, -0.1) is 11.3 Å². The van der Waals surface area contributed by atoms with Crippen molar-refractivity contribution in [2.75, 3.05) is 18.5 Å². The lowest BCUT2D eigenvalue weighted by molar-refractivity contribution is -0.151. The van der Waals surface area contributed by atoms with Crippen molar-refractivity contribution in [1.82, 2.24) is 4.72 Å². The highest BCUT2D eigenvalue weighted by molar-refractivity contribution is 7.89. The van der Waals surface area contributed by atoms with Gasteiger partial charge in [-0.25, -0.2) is 13.2 Å². The van der Waals surface area contributed by atoms with E-state index in [1.165, 1.54) is 31.2 Å². The minimum absolute atomic E-state index is 0.158. The number of hydrogen-bond acceptors (Lipinski definition) is 9. The Morgan fingerprint density at radius 2 is 1.76 bits per heavy atom. The number of anilines is 1. The molecule has 0 aliphatic heterocycles. The fourth-order valence-corrected chi connectivity index (χ4v) is 5.19. The number of carbonyl (C=O) groups excluding carboxylic acids is 3. The third-order valence-electron chi connectivity index (χ3n) is 4.61. The summed E-state index contributed by atoms with van der Waals surface area (Å²) in [5.41, 5.74) is 0.864. The molecule has 13 heteroatoms. The number of thiophene rings is 1. The van der Waals surface area contributed by atoms with Gasteiger partial charge in [-0.1, -0.05) is 11.6 Å². The van der Waals surface area contributed by atoms with Gasteiger partial charge in [0.2, 0.25) is 10.0 Å². The first-order valence-electron chi connectivity index (χ1n) is 10.1. The second-order valence-corrected chi connectivity index (χ2v) is 10.5. The lowest BCUT2D eigenvalue weighted by atomic mass is 10.1. The van der Waals surface area contributed by atoms with Crippen LogP contribution in [0, 0.1) is 13.8 Å². The number of sulfonamides is 1. The monoisotopic (exact) mass is 532 g/mol. The summed E-state index contributed by atoms with van der Waals surface area (Å²) in [5.74, 6) is -2.51. The van der Waals surface area contributed by atoms with E-state index in [9.17, 15) is 27.9 Å². The summed E-state index contributed by atoms with van der Waals surface area (Å²) in [6, 6.07) is 3.50. The van der Waals surface area contributed by atoms with Crippen molar-refractivity contribution in [1.29, 1.82) is 0 Å². The molecule has 1 aromatic heterocycles. The van der Waals surface area contributed by atoms with E-state index < -0.39 is 46.6 Å². The molecule has 10 nitrogen and oxygen atoms in total. The van der Waals surface area contributed by atoms with Crippen molar-refractivity contribution in [2.24, 2.45) is 0 Å². The summed E-state index contributed by atoms with van der Waals surface area (Å²) in [6.07, 6.45) is -1.46. The second kappa shape index (κ2) is 11.8. The maximum Gasteiger partial charge on any atom is 0.341 e. The van der Waals surface area contributed by atoms with Crippen LogP contribution in [0.5, 0.6) is 0 Å². The number of esters is 2. The van der Waals surface area contributed by atoms with Crippen molar-refractivity contribution < 1.29 is 37.4 Å². The van der Waals surface area contributed by atoms with Crippen LogP contribution < -0.4 is 10.0 Å². The summed E-state index contributed by atoms with van der Waals surface area (Å²) in [4.78, 5) is 37.6. The maximum absolute atomic E-state index is 12.5. The predicted molar refractivity (Wildman–Crippen MR) is 127 cm³/mol. The summed E-state index contributed by atoms with van der Waals surface area (Å²) < 4.78 is 37.1. The highest BCUT2D eigenvalue weighted by Crippen LogP contribution is 2.33. The molecule has 1 heterocycles. The molecule has 0 saturated heterocycles. The zero-order valence-corrected chi connectivity index (χ0v) is 21.3. The Balaban J connectivity index is 2.07. The summed E-state index contributed by atoms with van der Waals surface area (Å²) in [7, 11) is -4.20. The number of nitrogens with one attached hydrogen (secondary N) is 2. The van der Waals surface area contributed by atoms with Crippen molar-refractivity contribution in [3.05, 3.63) is 45.3 Å². The van der Waals surface area contributed by atoms with Gasteiger partial charge >= 0.3 is 11.9 Å². The van der Waals surface area contributed by atoms with Gasteiger partial charge in [0.05, 0.1) is 23.2 Å². The molecule has 0 radical (unpaired) electrons. The van der Waals surface area contributed by atoms with Crippen LogP contribution >= 0.6 is 22.9 Å². The standard InChI is InChI=1S/C21H25ClN2O8S2/c1-5-31-20(27)17-11(2)13(4)33-19(17)23-16(26)10-32-21(28)18(12(3)25)24-34(29,30)15-8-6-14(22)7-9-15/h6-9,12,18,24-25H,5,10H2,1-4H3,(H,23,26)/t12-,18+/m1/s1. The van der Waals surface area contributed by atoms with E-state index in [1.807, 2.05) is 0 Å². The number of aliphatic hydroxyl groups excluding tert-OH is 1. The first-order valence-corrected chi connectivity index (χ1v) is 12.7. The molecule has 0 bridgehead atoms. The average molecular weight is 533 g/mol. The van der Waals surface area contributed by atoms with E-state index in [1.54, 1.807) is 20.8 Å². The van der Waals surface area contributed by atoms with Crippen molar-refractivity contribution in [3.63, 3.8) is 0 Å². The second-order valence-electron chi connectivity index (χ2n) is 7.16. The summed E-state index contributed by atoms with van der Waals surface area (Å²) >= 11 is 6.92. The Labute approximate surface area is 206 Å². The largest absolute Gasteiger partial charge is 0.462 e. The van der Waals surface area contributed by atoms with Gasteiger partial charge in [-0.3, -0.25) is 9.59 Å². The van der Waals surface area contributed by atoms with E-state index in [0.29, 0.717) is 10.6 Å². The van der Waals surface area contributed by atoms with Crippen LogP contribution in [0.3, 0.4) is 0 Å². The number of aliphatic hydroxyl groups is 1. The first kappa shape index (κ1) is 27.7. The molecule has 1 amide bonds. The molecule has 0 unspecified atom stereocenters. The summed E-state index contributed by atoms with van der Waals surface area (Å²) in [6.45, 7) is 5.73. The van der Waals surface area contributed by atoms with E-state index >= 15 is 0 Å². The van der Waals surface area contributed by atoms with Gasteiger partial charge in [0.1, 0.15) is 11.0 Å². The maximum atomic E-state index is 12.5. The van der Waals surface area contributed by atoms with Gasteiger partial charge in [-0.05, 0) is 57.5 Å². The molecule has 2 aromatic rings. The number of ether oxygens (including phenoxy) is 2. The quantitative estimate of drug-likeness (QED) is 0.395. The molecule has 0 saturated carbocycles. The van der Waals surface area contributed by atoms with Crippen LogP contribution in [-0.2, 0) is 29.1 Å². The van der Waals surface area contributed by atoms with Gasteiger partial charge in [0, 0.05) is 9.90 Å². The molecule has 1 aromatic carbocycles. The predicted octanol–water partition coefficient (Wildman–Crippen LogP) is 2.40. The fraction of sp³-hybridized carbons (Fsp3) is 0.381. The number of aryl methyl sites for hydroxylation is 1. The SMILES string of the molecule is CCOC(=O)c1c(NC(=O)COC(=O)[C@@H](NS(=O)(=O)c2ccc(Cl)cc2)[C@@H](C)O)sc(C)c1C. The van der Waals surface area contributed by atoms with Gasteiger partial charge in [0.15, 0.2) is 6.61 Å². The molecular formula is C21H25ClN2O8S2. The third-order valence-corrected chi connectivity index (χ3v) is 7.44. The smallest absolute Gasteiger partial charge is 0.341 e. The minimum atomic E-state index is -4.20. The van der Waals surface area contributed by atoms with Gasteiger partial charge in [-0.2, -0.15) is 4.72 Å². The Morgan fingerprint density at radius 3 is 2.32 bits per heavy atom. The lowest BCUT2D eigenvalue weighted by Crippen LogP contribution is -2.48. The van der Waals surface area contributed by atoms with Gasteiger partial charge < -0.3 is 19.9 Å². The van der Waals surface area contributed by atoms with E-state index in [4.69, 9.17) is 21.1 Å². The molecule has 2 atom stereocenters. The molecular weight excluding hydrogens is 508 g/mol. The molecule has 2 rings (SSSR count). The fourth-order valence-electron chi connectivity index (χ4n) is 2.75. The van der Waals surface area contributed by atoms with Crippen molar-refractivity contribution in [2.45, 2.75) is 44.7 Å². The number of halogens is 1. The van der Waals surface area contributed by atoms with Crippen LogP contribution in [0.4, 0.5) is 5.00 Å². The van der Waals surface area contributed by atoms with Crippen LogP contribution in [-0.4, -0.2) is 56.7 Å². The normalized spacial score (nSPS) is 13.1. The van der Waals surface area contributed by atoms with Crippen LogP contribution in [0.15, 0.2) is 29.2 Å². The van der Waals surface area contributed by atoms with Crippen LogP contribution in [0.1, 0.15) is 34.6 Å². The molecule has 186 valence electrons. The zero-order chi connectivity index (χ0) is 25.6.